The number of hydrogen-bond donors (Lipinski definition) is 2. The van der Waals surface area contributed by atoms with Crippen LogP contribution in [0, 0.1) is 5.92 Å². The number of anilines is 2. The molecule has 5 heteroatoms. The third-order valence-electron chi connectivity index (χ3n) is 4.20. The first kappa shape index (κ1) is 13.7. The summed E-state index contributed by atoms with van der Waals surface area (Å²) in [6, 6.07) is 0. The molecule has 1 saturated carbocycles. The highest BCUT2D eigenvalue weighted by Gasteiger charge is 2.35. The topological polar surface area (TPSA) is 58.4 Å². The van der Waals surface area contributed by atoms with Crippen LogP contribution in [-0.2, 0) is 0 Å². The van der Waals surface area contributed by atoms with Crippen molar-refractivity contribution in [2.45, 2.75) is 39.0 Å². The Morgan fingerprint density at radius 3 is 2.75 bits per heavy atom. The second-order valence-electron chi connectivity index (χ2n) is 6.04. The number of nitrogens with one attached hydrogen (secondary N) is 1. The molecule has 2 aliphatic rings. The Bertz CT molecular complexity index is 521. The van der Waals surface area contributed by atoms with E-state index < -0.39 is 0 Å². The fraction of sp³-hybridized carbons (Fsp3) is 0.667. The molecule has 1 unspecified atom stereocenters. The molecule has 1 aromatic rings. The van der Waals surface area contributed by atoms with Gasteiger partial charge in [0.1, 0.15) is 4.88 Å². The monoisotopic (exact) mass is 293 g/mol. The van der Waals surface area contributed by atoms with Gasteiger partial charge in [0.25, 0.3) is 5.91 Å². The minimum atomic E-state index is -0.0182. The first-order valence-electron chi connectivity index (χ1n) is 7.57. The zero-order valence-corrected chi connectivity index (χ0v) is 13.1. The third kappa shape index (κ3) is 2.39. The molecule has 110 valence electrons. The third-order valence-corrected chi connectivity index (χ3v) is 5.49. The summed E-state index contributed by atoms with van der Waals surface area (Å²) in [5.41, 5.74) is 8.29. The lowest BCUT2D eigenvalue weighted by molar-refractivity contribution is 0.0960. The van der Waals surface area contributed by atoms with Crippen LogP contribution in [-0.4, -0.2) is 25.5 Å². The number of rotatable bonds is 4. The first-order chi connectivity index (χ1) is 9.61. The molecule has 4 nitrogen and oxygen atoms in total. The van der Waals surface area contributed by atoms with E-state index in [0.717, 1.165) is 24.7 Å². The molecule has 1 aliphatic carbocycles. The van der Waals surface area contributed by atoms with Crippen LogP contribution in [0.3, 0.4) is 0 Å². The summed E-state index contributed by atoms with van der Waals surface area (Å²) in [6.45, 7) is 7.06. The smallest absolute Gasteiger partial charge is 0.263 e. The van der Waals surface area contributed by atoms with Crippen LogP contribution in [0.4, 0.5) is 10.7 Å². The second kappa shape index (κ2) is 5.28. The SMILES string of the molecule is CCNC(=O)c1sc(N2CCC(C)C2)c(C2CC2)c1N. The summed E-state index contributed by atoms with van der Waals surface area (Å²) in [5.74, 6) is 1.30. The Labute approximate surface area is 124 Å². The zero-order valence-electron chi connectivity index (χ0n) is 12.2. The molecule has 20 heavy (non-hydrogen) atoms. The molecule has 2 fully saturated rings. The maximum absolute atomic E-state index is 12.2. The first-order valence-corrected chi connectivity index (χ1v) is 8.38. The largest absolute Gasteiger partial charge is 0.397 e. The average molecular weight is 293 g/mol. The maximum Gasteiger partial charge on any atom is 0.263 e. The van der Waals surface area contributed by atoms with E-state index >= 15 is 0 Å². The van der Waals surface area contributed by atoms with E-state index in [1.807, 2.05) is 6.92 Å². The van der Waals surface area contributed by atoms with Gasteiger partial charge in [-0.05, 0) is 38.0 Å². The molecule has 0 bridgehead atoms. The number of hydrogen-bond acceptors (Lipinski definition) is 4. The zero-order chi connectivity index (χ0) is 14.3. The van der Waals surface area contributed by atoms with Gasteiger partial charge in [-0.2, -0.15) is 0 Å². The molecule has 3 rings (SSSR count). The molecule has 1 amide bonds. The lowest BCUT2D eigenvalue weighted by Crippen LogP contribution is -2.22. The predicted octanol–water partition coefficient (Wildman–Crippen LogP) is 2.80. The van der Waals surface area contributed by atoms with Crippen LogP contribution in [0.15, 0.2) is 0 Å². The van der Waals surface area contributed by atoms with Gasteiger partial charge < -0.3 is 16.0 Å². The molecular weight excluding hydrogens is 270 g/mol. The van der Waals surface area contributed by atoms with Gasteiger partial charge in [-0.1, -0.05) is 6.92 Å². The molecule has 1 saturated heterocycles. The summed E-state index contributed by atoms with van der Waals surface area (Å²) in [6.07, 6.45) is 3.66. The van der Waals surface area contributed by atoms with Crippen molar-refractivity contribution in [3.63, 3.8) is 0 Å². The molecular formula is C15H23N3OS. The van der Waals surface area contributed by atoms with Crippen LogP contribution < -0.4 is 16.0 Å². The summed E-state index contributed by atoms with van der Waals surface area (Å²) >= 11 is 1.59. The summed E-state index contributed by atoms with van der Waals surface area (Å²) in [5, 5.41) is 4.13. The van der Waals surface area contributed by atoms with E-state index in [9.17, 15) is 4.79 Å². The highest BCUT2D eigenvalue weighted by Crippen LogP contribution is 2.52. The molecule has 0 aromatic carbocycles. The molecule has 2 heterocycles. The van der Waals surface area contributed by atoms with E-state index in [-0.39, 0.29) is 5.91 Å². The Hall–Kier alpha value is -1.23. The van der Waals surface area contributed by atoms with Gasteiger partial charge in [0, 0.05) is 25.2 Å². The van der Waals surface area contributed by atoms with Gasteiger partial charge in [-0.25, -0.2) is 0 Å². The number of nitrogens with zero attached hydrogens (tertiary/aromatic N) is 1. The minimum absolute atomic E-state index is 0.0182. The highest BCUT2D eigenvalue weighted by atomic mass is 32.1. The number of nitrogens with two attached hydrogens (primary N) is 1. The molecule has 0 spiro atoms. The van der Waals surface area contributed by atoms with Crippen molar-refractivity contribution in [2.75, 3.05) is 30.3 Å². The van der Waals surface area contributed by atoms with Crippen LogP contribution in [0.2, 0.25) is 0 Å². The lowest BCUT2D eigenvalue weighted by atomic mass is 10.1. The Morgan fingerprint density at radius 1 is 1.45 bits per heavy atom. The van der Waals surface area contributed by atoms with Gasteiger partial charge in [-0.15, -0.1) is 11.3 Å². The molecule has 1 aliphatic heterocycles. The van der Waals surface area contributed by atoms with Gasteiger partial charge in [0.2, 0.25) is 0 Å². The maximum atomic E-state index is 12.2. The van der Waals surface area contributed by atoms with Crippen LogP contribution in [0.5, 0.6) is 0 Å². The van der Waals surface area contributed by atoms with E-state index in [1.54, 1.807) is 11.3 Å². The van der Waals surface area contributed by atoms with Crippen LogP contribution >= 0.6 is 11.3 Å². The van der Waals surface area contributed by atoms with Gasteiger partial charge in [0.05, 0.1) is 10.7 Å². The molecule has 3 N–H and O–H groups in total. The number of nitrogen functional groups attached to an aromatic ring is 1. The van der Waals surface area contributed by atoms with Crippen molar-refractivity contribution in [1.29, 1.82) is 0 Å². The minimum Gasteiger partial charge on any atom is -0.397 e. The fourth-order valence-corrected chi connectivity index (χ4v) is 4.23. The van der Waals surface area contributed by atoms with E-state index in [1.165, 1.54) is 29.8 Å². The van der Waals surface area contributed by atoms with Crippen molar-refractivity contribution >= 4 is 27.9 Å². The van der Waals surface area contributed by atoms with E-state index in [4.69, 9.17) is 5.73 Å². The van der Waals surface area contributed by atoms with Gasteiger partial charge >= 0.3 is 0 Å². The van der Waals surface area contributed by atoms with Crippen molar-refractivity contribution in [3.05, 3.63) is 10.4 Å². The Kier molecular flexibility index (Phi) is 3.63. The van der Waals surface area contributed by atoms with Crippen LogP contribution in [0.25, 0.3) is 0 Å². The average Bonchev–Trinajstić information content (AvgIpc) is 3.06. The van der Waals surface area contributed by atoms with Crippen molar-refractivity contribution in [3.8, 4) is 0 Å². The predicted molar refractivity (Wildman–Crippen MR) is 84.7 cm³/mol. The normalized spacial score (nSPS) is 22.3. The van der Waals surface area contributed by atoms with Crippen molar-refractivity contribution in [1.82, 2.24) is 5.32 Å². The Morgan fingerprint density at radius 2 is 2.20 bits per heavy atom. The molecule has 1 aromatic heterocycles. The highest BCUT2D eigenvalue weighted by molar-refractivity contribution is 7.18. The van der Waals surface area contributed by atoms with Crippen molar-refractivity contribution < 1.29 is 4.79 Å². The van der Waals surface area contributed by atoms with Crippen molar-refractivity contribution in [2.24, 2.45) is 5.92 Å². The summed E-state index contributed by atoms with van der Waals surface area (Å²) in [7, 11) is 0. The standard InChI is InChI=1S/C15H23N3OS/c1-3-17-14(19)13-12(16)11(10-4-5-10)15(20-13)18-7-6-9(2)8-18/h9-10H,3-8,16H2,1-2H3,(H,17,19). The quantitative estimate of drug-likeness (QED) is 0.897. The Balaban J connectivity index is 1.95. The second-order valence-corrected chi connectivity index (χ2v) is 7.04. The number of thiophene rings is 1. The molecule has 1 atom stereocenters. The molecule has 0 radical (unpaired) electrons. The van der Waals surface area contributed by atoms with Gasteiger partial charge in [0.15, 0.2) is 0 Å². The number of carbonyl (C=O) groups is 1. The van der Waals surface area contributed by atoms with Crippen LogP contribution in [0.1, 0.15) is 54.3 Å². The van der Waals surface area contributed by atoms with E-state index in [2.05, 4.69) is 17.1 Å². The number of carbonyl (C=O) groups excluding carboxylic acids is 1. The summed E-state index contributed by atoms with van der Waals surface area (Å²) in [4.78, 5) is 15.3. The van der Waals surface area contributed by atoms with E-state index in [0.29, 0.717) is 17.3 Å². The lowest BCUT2D eigenvalue weighted by Gasteiger charge is -2.18. The number of amides is 1. The summed E-state index contributed by atoms with van der Waals surface area (Å²) < 4.78 is 0. The van der Waals surface area contributed by atoms with Gasteiger partial charge in [-0.3, -0.25) is 4.79 Å². The fourth-order valence-electron chi connectivity index (χ4n) is 2.97.